The first-order valence-corrected chi connectivity index (χ1v) is 28.6. The lowest BCUT2D eigenvalue weighted by Crippen LogP contribution is -2.50. The number of benzene rings is 5. The van der Waals surface area contributed by atoms with E-state index >= 15 is 0 Å². The number of unbranched alkanes of at least 4 members (excludes halogenated alkanes) is 7. The second-order valence-corrected chi connectivity index (χ2v) is 21.8. The van der Waals surface area contributed by atoms with Crippen LogP contribution in [0.15, 0.2) is 110 Å². The van der Waals surface area contributed by atoms with Crippen LogP contribution in [0.2, 0.25) is 0 Å². The van der Waals surface area contributed by atoms with E-state index in [0.717, 1.165) is 98.6 Å². The molecule has 10 nitrogen and oxygen atoms in total. The summed E-state index contributed by atoms with van der Waals surface area (Å²) in [6.45, 7) is 9.27. The van der Waals surface area contributed by atoms with Crippen molar-refractivity contribution in [1.29, 1.82) is 0 Å². The molecule has 1 unspecified atom stereocenters. The quantitative estimate of drug-likeness (QED) is 0.0263. The lowest BCUT2D eigenvalue weighted by atomic mass is 9.77. The number of esters is 3. The topological polar surface area (TPSA) is 129 Å². The first-order chi connectivity index (χ1) is 36.6. The minimum atomic E-state index is -1.63. The first-order valence-electron chi connectivity index (χ1n) is 28.6. The number of likely N-dealkylation sites (tertiary alicyclic amines) is 1. The van der Waals surface area contributed by atoms with Crippen LogP contribution in [0.4, 0.5) is 0 Å². The Morgan fingerprint density at radius 1 is 0.573 bits per heavy atom. The number of aliphatic hydroxyl groups is 1. The summed E-state index contributed by atoms with van der Waals surface area (Å²) in [7, 11) is 0. The highest BCUT2D eigenvalue weighted by Crippen LogP contribution is 2.44. The van der Waals surface area contributed by atoms with Gasteiger partial charge in [0.2, 0.25) is 0 Å². The largest absolute Gasteiger partial charge is 0.494 e. The van der Waals surface area contributed by atoms with Gasteiger partial charge in [0.25, 0.3) is 5.91 Å². The Balaban J connectivity index is 0.993. The van der Waals surface area contributed by atoms with Gasteiger partial charge in [-0.15, -0.1) is 0 Å². The Bertz CT molecular complexity index is 2570. The fraction of sp³-hybridized carbons (Fsp3) is 0.508. The number of hydrogen-bond donors (Lipinski definition) is 1. The highest BCUT2D eigenvalue weighted by atomic mass is 16.5. The summed E-state index contributed by atoms with van der Waals surface area (Å²) >= 11 is 0. The molecule has 10 heteroatoms. The summed E-state index contributed by atoms with van der Waals surface area (Å²) in [4.78, 5) is 54.5. The van der Waals surface area contributed by atoms with Gasteiger partial charge in [-0.25, -0.2) is 4.79 Å². The first kappa shape index (κ1) is 55.2. The van der Waals surface area contributed by atoms with E-state index in [9.17, 15) is 24.3 Å². The van der Waals surface area contributed by atoms with Gasteiger partial charge < -0.3 is 29.0 Å². The maximum absolute atomic E-state index is 14.6. The van der Waals surface area contributed by atoms with Gasteiger partial charge in [-0.1, -0.05) is 108 Å². The molecule has 2 saturated carbocycles. The minimum absolute atomic E-state index is 0.0857. The SMILES string of the molecule is C=CC(=O)OCCCCCCOc1ccc(C(=O)N2CCCC2C(O)(c2ccc3cc(OC(=O)C4CCC(CCCCC)CC4)ccc3c2)c2ccc3cc(OC(=O)C4CCC(CCCCC)CC4)ccc3c2)cc1. The predicted octanol–water partition coefficient (Wildman–Crippen LogP) is 14.8. The van der Waals surface area contributed by atoms with Crippen LogP contribution in [0.1, 0.15) is 177 Å². The number of rotatable bonds is 25. The van der Waals surface area contributed by atoms with Crippen molar-refractivity contribution in [3.05, 3.63) is 126 Å². The zero-order valence-corrected chi connectivity index (χ0v) is 44.7. The molecule has 3 aliphatic rings. The number of nitrogens with zero attached hydrogens (tertiary/aromatic N) is 1. The van der Waals surface area contributed by atoms with Crippen LogP contribution in [-0.4, -0.2) is 59.6 Å². The molecule has 8 rings (SSSR count). The number of ether oxygens (including phenoxy) is 4. The van der Waals surface area contributed by atoms with Crippen LogP contribution in [0, 0.1) is 23.7 Å². The molecule has 1 heterocycles. The zero-order valence-electron chi connectivity index (χ0n) is 44.7. The van der Waals surface area contributed by atoms with Crippen LogP contribution >= 0.6 is 0 Å². The summed E-state index contributed by atoms with van der Waals surface area (Å²) in [6, 6.07) is 29.8. The van der Waals surface area contributed by atoms with Crippen molar-refractivity contribution in [2.24, 2.45) is 23.7 Å². The summed E-state index contributed by atoms with van der Waals surface area (Å²) < 4.78 is 23.1. The molecular weight excluding hydrogens is 939 g/mol. The summed E-state index contributed by atoms with van der Waals surface area (Å²) in [6.07, 6.45) is 23.7. The van der Waals surface area contributed by atoms with Crippen molar-refractivity contribution >= 4 is 45.4 Å². The zero-order chi connectivity index (χ0) is 52.6. The third kappa shape index (κ3) is 14.5. The molecule has 2 aliphatic carbocycles. The maximum Gasteiger partial charge on any atom is 0.330 e. The minimum Gasteiger partial charge on any atom is -0.494 e. The molecule has 1 N–H and O–H groups in total. The monoisotopic (exact) mass is 1020 g/mol. The van der Waals surface area contributed by atoms with Crippen molar-refractivity contribution in [2.45, 2.75) is 167 Å². The van der Waals surface area contributed by atoms with E-state index in [1.807, 2.05) is 89.8 Å². The van der Waals surface area contributed by atoms with Crippen molar-refractivity contribution in [3.63, 3.8) is 0 Å². The van der Waals surface area contributed by atoms with Crippen LogP contribution in [0.25, 0.3) is 21.5 Å². The van der Waals surface area contributed by atoms with Crippen LogP contribution in [0.3, 0.4) is 0 Å². The van der Waals surface area contributed by atoms with Gasteiger partial charge in [0, 0.05) is 18.2 Å². The van der Waals surface area contributed by atoms with Crippen molar-refractivity contribution in [1.82, 2.24) is 4.90 Å². The lowest BCUT2D eigenvalue weighted by molar-refractivity contribution is -0.141. The number of fused-ring (bicyclic) bond motifs is 2. The summed E-state index contributed by atoms with van der Waals surface area (Å²) in [5.74, 6) is 2.03. The molecule has 1 saturated heterocycles. The Labute approximate surface area is 445 Å². The molecule has 0 spiro atoms. The Morgan fingerprint density at radius 3 is 1.56 bits per heavy atom. The molecule has 1 atom stereocenters. The highest BCUT2D eigenvalue weighted by Gasteiger charge is 2.47. The fourth-order valence-electron chi connectivity index (χ4n) is 12.0. The number of carbonyl (C=O) groups excluding carboxylic acids is 4. The Hall–Kier alpha value is -6.00. The van der Waals surface area contributed by atoms with Crippen LogP contribution < -0.4 is 14.2 Å². The third-order valence-electron chi connectivity index (χ3n) is 16.5. The predicted molar refractivity (Wildman–Crippen MR) is 297 cm³/mol. The molecular formula is C65H81NO9. The summed E-state index contributed by atoms with van der Waals surface area (Å²) in [5.41, 5.74) is 0.163. The molecule has 0 radical (unpaired) electrons. The van der Waals surface area contributed by atoms with Gasteiger partial charge in [-0.2, -0.15) is 0 Å². The van der Waals surface area contributed by atoms with Gasteiger partial charge in [0.15, 0.2) is 0 Å². The van der Waals surface area contributed by atoms with Crippen LogP contribution in [0.5, 0.6) is 17.2 Å². The van der Waals surface area contributed by atoms with E-state index in [4.69, 9.17) is 18.9 Å². The van der Waals surface area contributed by atoms with Crippen LogP contribution in [-0.2, 0) is 24.7 Å². The number of carbonyl (C=O) groups is 4. The van der Waals surface area contributed by atoms with Gasteiger partial charge in [0.1, 0.15) is 22.8 Å². The fourth-order valence-corrected chi connectivity index (χ4v) is 12.0. The molecule has 400 valence electrons. The molecule has 0 bridgehead atoms. The van der Waals surface area contributed by atoms with Gasteiger partial charge in [-0.05, 0) is 195 Å². The molecule has 5 aromatic carbocycles. The normalized spacial score (nSPS) is 20.6. The molecule has 0 aromatic heterocycles. The van der Waals surface area contributed by atoms with E-state index in [1.165, 1.54) is 57.4 Å². The smallest absolute Gasteiger partial charge is 0.330 e. The lowest BCUT2D eigenvalue weighted by Gasteiger charge is -2.40. The standard InChI is InChI=1S/C65H81NO9/c1-4-7-11-16-46-19-23-49(24-20-46)63(69)74-58-37-31-51-42-55(33-27-53(51)44-58)65(71,56-34-28-54-45-59(38-32-52(54)43-56)75-64(70)50-25-21-47(22-26-50)17-12-8-5-2)60-18-15-39-66(60)62(68)48-29-35-57(36-30-48)72-40-13-9-10-14-41-73-61(67)6-3/h6,27-38,42-47,49-50,60,71H,3-5,7-26,39-41H2,1-2H3. The number of amides is 1. The third-order valence-corrected chi connectivity index (χ3v) is 16.5. The van der Waals surface area contributed by atoms with Crippen molar-refractivity contribution in [2.75, 3.05) is 19.8 Å². The van der Waals surface area contributed by atoms with Gasteiger partial charge >= 0.3 is 17.9 Å². The van der Waals surface area contributed by atoms with E-state index in [2.05, 4.69) is 20.4 Å². The molecule has 75 heavy (non-hydrogen) atoms. The second-order valence-electron chi connectivity index (χ2n) is 21.8. The van der Waals surface area contributed by atoms with E-state index in [0.29, 0.717) is 78.4 Å². The molecule has 5 aromatic rings. The number of hydrogen-bond acceptors (Lipinski definition) is 9. The van der Waals surface area contributed by atoms with E-state index < -0.39 is 17.6 Å². The Morgan fingerprint density at radius 2 is 1.05 bits per heavy atom. The highest BCUT2D eigenvalue weighted by molar-refractivity contribution is 5.95. The van der Waals surface area contributed by atoms with Gasteiger partial charge in [-0.3, -0.25) is 14.4 Å². The molecule has 1 amide bonds. The van der Waals surface area contributed by atoms with E-state index in [-0.39, 0.29) is 29.7 Å². The van der Waals surface area contributed by atoms with Crippen molar-refractivity contribution in [3.8, 4) is 17.2 Å². The Kier molecular flexibility index (Phi) is 20.0. The average Bonchev–Trinajstić information content (AvgIpc) is 3.94. The van der Waals surface area contributed by atoms with Crippen molar-refractivity contribution < 1.29 is 43.2 Å². The maximum atomic E-state index is 14.6. The molecule has 3 fully saturated rings. The van der Waals surface area contributed by atoms with E-state index in [1.54, 1.807) is 12.1 Å². The average molecular weight is 1020 g/mol. The summed E-state index contributed by atoms with van der Waals surface area (Å²) in [5, 5.41) is 17.1. The second kappa shape index (κ2) is 27.2. The van der Waals surface area contributed by atoms with Gasteiger partial charge in [0.05, 0.1) is 31.1 Å². The molecule has 1 aliphatic heterocycles.